The lowest BCUT2D eigenvalue weighted by Crippen LogP contribution is -2.16. The molecule has 0 unspecified atom stereocenters. The fraction of sp³-hybridized carbons (Fsp3) is 0.0638. The van der Waals surface area contributed by atoms with Crippen LogP contribution in [0.1, 0.15) is 25.0 Å². The van der Waals surface area contributed by atoms with Gasteiger partial charge in [-0.3, -0.25) is 0 Å². The maximum absolute atomic E-state index is 2.53. The molecule has 47 heavy (non-hydrogen) atoms. The summed E-state index contributed by atoms with van der Waals surface area (Å²) in [6.45, 7) is 4.86. The Kier molecular flexibility index (Phi) is 5.44. The quantitative estimate of drug-likeness (QED) is 0.138. The van der Waals surface area contributed by atoms with Gasteiger partial charge in [0.25, 0.3) is 0 Å². The van der Waals surface area contributed by atoms with Gasteiger partial charge in [-0.25, -0.2) is 0 Å². The topological polar surface area (TPSA) is 0 Å². The van der Waals surface area contributed by atoms with E-state index in [1.165, 1.54) is 98.4 Å². The van der Waals surface area contributed by atoms with Gasteiger partial charge >= 0.3 is 0 Å². The average Bonchev–Trinajstić information content (AvgIpc) is 3.37. The first kappa shape index (κ1) is 26.5. The molecular weight excluding hydrogens is 565 g/mol. The monoisotopic (exact) mass is 596 g/mol. The molecule has 0 N–H and O–H groups in total. The highest BCUT2D eigenvalue weighted by atomic mass is 14.4. The summed E-state index contributed by atoms with van der Waals surface area (Å²) >= 11 is 0. The van der Waals surface area contributed by atoms with Crippen LogP contribution < -0.4 is 0 Å². The number of hydrogen-bond acceptors (Lipinski definition) is 0. The van der Waals surface area contributed by atoms with Crippen LogP contribution in [-0.2, 0) is 5.41 Å². The SMILES string of the molecule is CC1(C)c2c(cc(-c3ccccc3-c3c4ccccc4cc4ccccc34)c3ccccc23)-c2c1c1ccccc1c1ccccc21. The number of benzene rings is 9. The van der Waals surface area contributed by atoms with E-state index in [2.05, 4.69) is 172 Å². The van der Waals surface area contributed by atoms with Crippen LogP contribution in [0.3, 0.4) is 0 Å². The van der Waals surface area contributed by atoms with Crippen LogP contribution >= 0.6 is 0 Å². The van der Waals surface area contributed by atoms with E-state index >= 15 is 0 Å². The van der Waals surface area contributed by atoms with Crippen molar-refractivity contribution in [3.05, 3.63) is 169 Å². The van der Waals surface area contributed by atoms with Crippen molar-refractivity contribution >= 4 is 53.9 Å². The van der Waals surface area contributed by atoms with Gasteiger partial charge in [0.1, 0.15) is 0 Å². The fourth-order valence-electron chi connectivity index (χ4n) is 8.90. The first-order valence-electron chi connectivity index (χ1n) is 16.6. The predicted octanol–water partition coefficient (Wildman–Crippen LogP) is 13.1. The summed E-state index contributed by atoms with van der Waals surface area (Å²) in [5, 5.41) is 13.1. The van der Waals surface area contributed by atoms with E-state index in [0.717, 1.165) is 0 Å². The Hall–Kier alpha value is -5.72. The molecule has 0 aliphatic heterocycles. The summed E-state index contributed by atoms with van der Waals surface area (Å²) in [6, 6.07) is 58.7. The van der Waals surface area contributed by atoms with Gasteiger partial charge in [-0.15, -0.1) is 0 Å². The molecule has 1 aliphatic rings. The number of fused-ring (bicyclic) bond motifs is 12. The zero-order valence-electron chi connectivity index (χ0n) is 26.5. The molecular formula is C47H32. The molecule has 0 radical (unpaired) electrons. The molecule has 9 aromatic carbocycles. The Morgan fingerprint density at radius 1 is 0.298 bits per heavy atom. The molecule has 0 saturated heterocycles. The Morgan fingerprint density at radius 3 is 1.38 bits per heavy atom. The van der Waals surface area contributed by atoms with E-state index in [-0.39, 0.29) is 5.41 Å². The third-order valence-corrected chi connectivity index (χ3v) is 10.8. The molecule has 9 aromatic rings. The highest BCUT2D eigenvalue weighted by Crippen LogP contribution is 2.58. The van der Waals surface area contributed by atoms with E-state index in [4.69, 9.17) is 0 Å². The smallest absolute Gasteiger partial charge is 0.0171 e. The van der Waals surface area contributed by atoms with Crippen molar-refractivity contribution in [2.45, 2.75) is 19.3 Å². The van der Waals surface area contributed by atoms with Gasteiger partial charge in [-0.05, 0) is 111 Å². The maximum Gasteiger partial charge on any atom is 0.0171 e. The lowest BCUT2D eigenvalue weighted by molar-refractivity contribution is 0.672. The van der Waals surface area contributed by atoms with Crippen LogP contribution in [0.2, 0.25) is 0 Å². The molecule has 0 atom stereocenters. The summed E-state index contributed by atoms with van der Waals surface area (Å²) in [7, 11) is 0. The second-order valence-corrected chi connectivity index (χ2v) is 13.6. The summed E-state index contributed by atoms with van der Waals surface area (Å²) in [5.41, 5.74) is 10.6. The molecule has 0 nitrogen and oxygen atoms in total. The first-order chi connectivity index (χ1) is 23.1. The van der Waals surface area contributed by atoms with Crippen molar-refractivity contribution in [2.75, 3.05) is 0 Å². The lowest BCUT2D eigenvalue weighted by Gasteiger charge is -2.26. The Labute approximate surface area is 274 Å². The van der Waals surface area contributed by atoms with E-state index in [0.29, 0.717) is 0 Å². The number of hydrogen-bond donors (Lipinski definition) is 0. The standard InChI is InChI=1S/C47H32/c1-47(2)45-39-25-13-10-22-36(39)41(28-42(45)44-38-24-12-7-19-33(38)34-20-9-14-26-40(34)46(44)47)35-21-8-11-23-37(35)43-31-17-5-3-15-29(31)27-30-16-4-6-18-32(30)43/h3-28H,1-2H3. The average molecular weight is 597 g/mol. The largest absolute Gasteiger partial charge is 0.0616 e. The highest BCUT2D eigenvalue weighted by molar-refractivity contribution is 6.21. The second kappa shape index (κ2) is 9.64. The van der Waals surface area contributed by atoms with Gasteiger partial charge in [0, 0.05) is 5.41 Å². The van der Waals surface area contributed by atoms with Gasteiger partial charge < -0.3 is 0 Å². The molecule has 10 rings (SSSR count). The third-order valence-electron chi connectivity index (χ3n) is 10.8. The molecule has 0 heteroatoms. The molecule has 1 aliphatic carbocycles. The fourth-order valence-corrected chi connectivity index (χ4v) is 8.90. The van der Waals surface area contributed by atoms with Crippen LogP contribution in [0.5, 0.6) is 0 Å². The van der Waals surface area contributed by atoms with Gasteiger partial charge in [-0.1, -0.05) is 159 Å². The van der Waals surface area contributed by atoms with Crippen LogP contribution in [0.15, 0.2) is 158 Å². The van der Waals surface area contributed by atoms with Gasteiger partial charge in [-0.2, -0.15) is 0 Å². The normalized spacial score (nSPS) is 13.5. The lowest BCUT2D eigenvalue weighted by atomic mass is 9.77. The molecule has 0 aromatic heterocycles. The van der Waals surface area contributed by atoms with Crippen molar-refractivity contribution < 1.29 is 0 Å². The van der Waals surface area contributed by atoms with E-state index in [1.807, 2.05) is 0 Å². The Bertz CT molecular complexity index is 2700. The van der Waals surface area contributed by atoms with E-state index < -0.39 is 0 Å². The molecule has 0 saturated carbocycles. The zero-order chi connectivity index (χ0) is 31.3. The van der Waals surface area contributed by atoms with Gasteiger partial charge in [0.2, 0.25) is 0 Å². The summed E-state index contributed by atoms with van der Waals surface area (Å²) in [6.07, 6.45) is 0. The minimum Gasteiger partial charge on any atom is -0.0616 e. The second-order valence-electron chi connectivity index (χ2n) is 13.6. The highest BCUT2D eigenvalue weighted by Gasteiger charge is 2.40. The third kappa shape index (κ3) is 3.59. The summed E-state index contributed by atoms with van der Waals surface area (Å²) in [4.78, 5) is 0. The van der Waals surface area contributed by atoms with Crippen LogP contribution in [0, 0.1) is 0 Å². The minimum absolute atomic E-state index is 0.169. The predicted molar refractivity (Wildman–Crippen MR) is 202 cm³/mol. The molecule has 220 valence electrons. The van der Waals surface area contributed by atoms with Crippen molar-refractivity contribution in [2.24, 2.45) is 0 Å². The molecule has 0 bridgehead atoms. The summed E-state index contributed by atoms with van der Waals surface area (Å²) < 4.78 is 0. The molecule has 0 spiro atoms. The number of rotatable bonds is 2. The van der Waals surface area contributed by atoms with Crippen LogP contribution in [-0.4, -0.2) is 0 Å². The Balaban J connectivity index is 1.37. The minimum atomic E-state index is -0.169. The summed E-state index contributed by atoms with van der Waals surface area (Å²) in [5.74, 6) is 0. The van der Waals surface area contributed by atoms with E-state index in [9.17, 15) is 0 Å². The Morgan fingerprint density at radius 2 is 0.745 bits per heavy atom. The molecule has 0 amide bonds. The van der Waals surface area contributed by atoms with E-state index in [1.54, 1.807) is 0 Å². The van der Waals surface area contributed by atoms with Crippen LogP contribution in [0.4, 0.5) is 0 Å². The van der Waals surface area contributed by atoms with Gasteiger partial charge in [0.15, 0.2) is 0 Å². The van der Waals surface area contributed by atoms with Gasteiger partial charge in [0.05, 0.1) is 0 Å². The van der Waals surface area contributed by atoms with Crippen LogP contribution in [0.25, 0.3) is 87.2 Å². The molecule has 0 fully saturated rings. The van der Waals surface area contributed by atoms with Crippen molar-refractivity contribution in [1.82, 2.24) is 0 Å². The maximum atomic E-state index is 2.53. The van der Waals surface area contributed by atoms with Crippen molar-refractivity contribution in [1.29, 1.82) is 0 Å². The van der Waals surface area contributed by atoms with Crippen molar-refractivity contribution in [3.63, 3.8) is 0 Å². The zero-order valence-corrected chi connectivity index (χ0v) is 26.5. The first-order valence-corrected chi connectivity index (χ1v) is 16.6. The van der Waals surface area contributed by atoms with Crippen molar-refractivity contribution in [3.8, 4) is 33.4 Å². The molecule has 0 heterocycles.